The number of hydrogen-bond acceptors (Lipinski definition) is 5. The van der Waals surface area contributed by atoms with Crippen LogP contribution in [0.5, 0.6) is 11.5 Å². The number of sulfonamides is 1. The average molecular weight is 367 g/mol. The summed E-state index contributed by atoms with van der Waals surface area (Å²) in [6.07, 6.45) is 5.11. The quantitative estimate of drug-likeness (QED) is 0.759. The summed E-state index contributed by atoms with van der Waals surface area (Å²) in [4.78, 5) is 13.5. The molecular formula is C16H21N3O5S. The molecule has 1 N–H and O–H groups in total. The van der Waals surface area contributed by atoms with E-state index < -0.39 is 10.0 Å². The number of amides is 2. The fraction of sp³-hybridized carbons (Fsp3) is 0.438. The van der Waals surface area contributed by atoms with Gasteiger partial charge in [0.2, 0.25) is 10.0 Å². The molecule has 1 aromatic rings. The van der Waals surface area contributed by atoms with E-state index in [9.17, 15) is 13.2 Å². The van der Waals surface area contributed by atoms with Crippen molar-refractivity contribution in [1.29, 1.82) is 0 Å². The lowest BCUT2D eigenvalue weighted by Gasteiger charge is -2.34. The first kappa shape index (κ1) is 18.9. The minimum Gasteiger partial charge on any atom is -0.497 e. The van der Waals surface area contributed by atoms with Gasteiger partial charge in [-0.3, -0.25) is 0 Å². The summed E-state index contributed by atoms with van der Waals surface area (Å²) in [5.41, 5.74) is 0. The van der Waals surface area contributed by atoms with E-state index in [2.05, 4.69) is 11.2 Å². The van der Waals surface area contributed by atoms with Crippen LogP contribution in [0, 0.1) is 12.3 Å². The summed E-state index contributed by atoms with van der Waals surface area (Å²) in [5, 5.41) is 2.57. The van der Waals surface area contributed by atoms with Gasteiger partial charge in [-0.05, 0) is 12.1 Å². The molecule has 0 atom stereocenters. The van der Waals surface area contributed by atoms with Crippen molar-refractivity contribution in [1.82, 2.24) is 14.5 Å². The Morgan fingerprint density at radius 2 is 1.92 bits per heavy atom. The van der Waals surface area contributed by atoms with E-state index in [1.54, 1.807) is 12.1 Å². The lowest BCUT2D eigenvalue weighted by molar-refractivity contribution is 0.173. The van der Waals surface area contributed by atoms with Crippen molar-refractivity contribution < 1.29 is 22.7 Å². The highest BCUT2D eigenvalue weighted by molar-refractivity contribution is 7.89. The molecule has 0 radical (unpaired) electrons. The molecular weight excluding hydrogens is 346 g/mol. The van der Waals surface area contributed by atoms with Crippen LogP contribution in [0.2, 0.25) is 0 Å². The predicted molar refractivity (Wildman–Crippen MR) is 92.1 cm³/mol. The van der Waals surface area contributed by atoms with E-state index >= 15 is 0 Å². The van der Waals surface area contributed by atoms with E-state index in [0.717, 1.165) is 0 Å². The van der Waals surface area contributed by atoms with E-state index in [0.29, 0.717) is 5.75 Å². The van der Waals surface area contributed by atoms with Crippen molar-refractivity contribution in [3.8, 4) is 23.8 Å². The number of carbonyl (C=O) groups excluding carboxylic acids is 1. The van der Waals surface area contributed by atoms with Gasteiger partial charge in [0.25, 0.3) is 0 Å². The first-order valence-corrected chi connectivity index (χ1v) is 9.06. The van der Waals surface area contributed by atoms with Crippen LogP contribution in [0.4, 0.5) is 4.79 Å². The molecule has 0 unspecified atom stereocenters. The lowest BCUT2D eigenvalue weighted by atomic mass is 10.3. The zero-order valence-electron chi connectivity index (χ0n) is 14.2. The van der Waals surface area contributed by atoms with E-state index in [1.165, 1.54) is 29.5 Å². The summed E-state index contributed by atoms with van der Waals surface area (Å²) in [6.45, 7) is 1.07. The number of benzene rings is 1. The highest BCUT2D eigenvalue weighted by atomic mass is 32.2. The summed E-state index contributed by atoms with van der Waals surface area (Å²) in [5.74, 6) is 2.99. The molecule has 0 aliphatic carbocycles. The van der Waals surface area contributed by atoms with E-state index in [-0.39, 0.29) is 49.4 Å². The van der Waals surface area contributed by atoms with Gasteiger partial charge in [0, 0.05) is 32.2 Å². The third-order valence-corrected chi connectivity index (χ3v) is 5.78. The van der Waals surface area contributed by atoms with Crippen LogP contribution in [0.25, 0.3) is 0 Å². The largest absolute Gasteiger partial charge is 0.497 e. The second-order valence-electron chi connectivity index (χ2n) is 5.27. The third kappa shape index (κ3) is 4.15. The molecule has 1 aliphatic heterocycles. The van der Waals surface area contributed by atoms with Gasteiger partial charge in [-0.2, -0.15) is 4.31 Å². The summed E-state index contributed by atoms with van der Waals surface area (Å²) < 4.78 is 37.5. The predicted octanol–water partition coefficient (Wildman–Crippen LogP) is 0.353. The zero-order valence-corrected chi connectivity index (χ0v) is 15.0. The smallest absolute Gasteiger partial charge is 0.318 e. The molecule has 1 fully saturated rings. The summed E-state index contributed by atoms with van der Waals surface area (Å²) in [6, 6.07) is 4.31. The number of urea groups is 1. The Morgan fingerprint density at radius 1 is 1.24 bits per heavy atom. The standard InChI is InChI=1S/C16H21N3O5S/c1-4-7-17-16(20)18-8-10-19(11-9-18)25(21,22)15-12-13(23-2)5-6-14(15)24-3/h1,5-6,12H,7-11H2,2-3H3,(H,17,20). The summed E-state index contributed by atoms with van der Waals surface area (Å²) >= 11 is 0. The lowest BCUT2D eigenvalue weighted by Crippen LogP contribution is -2.53. The fourth-order valence-corrected chi connectivity index (χ4v) is 4.09. The van der Waals surface area contributed by atoms with Crippen LogP contribution in [0.1, 0.15) is 0 Å². The number of nitrogens with zero attached hydrogens (tertiary/aromatic N) is 2. The molecule has 0 aromatic heterocycles. The highest BCUT2D eigenvalue weighted by Gasteiger charge is 2.32. The third-order valence-electron chi connectivity index (χ3n) is 3.86. The molecule has 0 spiro atoms. The van der Waals surface area contributed by atoms with Gasteiger partial charge >= 0.3 is 6.03 Å². The molecule has 0 bridgehead atoms. The molecule has 9 heteroatoms. The number of carbonyl (C=O) groups is 1. The number of hydrogen-bond donors (Lipinski definition) is 1. The van der Waals surface area contributed by atoms with Crippen molar-refractivity contribution in [3.63, 3.8) is 0 Å². The molecule has 1 heterocycles. The maximum absolute atomic E-state index is 12.9. The highest BCUT2D eigenvalue weighted by Crippen LogP contribution is 2.31. The number of rotatable bonds is 5. The topological polar surface area (TPSA) is 88.2 Å². The minimum absolute atomic E-state index is 0.0413. The number of terminal acetylenes is 1. The second-order valence-corrected chi connectivity index (χ2v) is 7.18. The molecule has 136 valence electrons. The van der Waals surface area contributed by atoms with Gasteiger partial charge < -0.3 is 19.7 Å². The van der Waals surface area contributed by atoms with Crippen LogP contribution in [-0.2, 0) is 10.0 Å². The van der Waals surface area contributed by atoms with Crippen LogP contribution < -0.4 is 14.8 Å². The Bertz CT molecular complexity index is 764. The van der Waals surface area contributed by atoms with Crippen molar-refractivity contribution >= 4 is 16.1 Å². The van der Waals surface area contributed by atoms with Gasteiger partial charge in [0.15, 0.2) is 0 Å². The van der Waals surface area contributed by atoms with Crippen LogP contribution in [0.3, 0.4) is 0 Å². The van der Waals surface area contributed by atoms with Crippen LogP contribution >= 0.6 is 0 Å². The van der Waals surface area contributed by atoms with Crippen LogP contribution in [-0.4, -0.2) is 70.6 Å². The fourth-order valence-electron chi connectivity index (χ4n) is 2.49. The van der Waals surface area contributed by atoms with Gasteiger partial charge in [0.1, 0.15) is 16.4 Å². The Labute approximate surface area is 147 Å². The average Bonchev–Trinajstić information content (AvgIpc) is 2.65. The van der Waals surface area contributed by atoms with Crippen molar-refractivity contribution in [2.24, 2.45) is 0 Å². The van der Waals surface area contributed by atoms with E-state index in [1.807, 2.05) is 0 Å². The molecule has 1 aromatic carbocycles. The number of piperazine rings is 1. The first-order valence-electron chi connectivity index (χ1n) is 7.62. The zero-order chi connectivity index (χ0) is 18.4. The van der Waals surface area contributed by atoms with Crippen LogP contribution in [0.15, 0.2) is 23.1 Å². The van der Waals surface area contributed by atoms with Gasteiger partial charge in [-0.15, -0.1) is 6.42 Å². The normalized spacial score (nSPS) is 15.3. The molecule has 25 heavy (non-hydrogen) atoms. The molecule has 1 aliphatic rings. The van der Waals surface area contributed by atoms with Crippen molar-refractivity contribution in [3.05, 3.63) is 18.2 Å². The summed E-state index contributed by atoms with van der Waals surface area (Å²) in [7, 11) is -0.890. The Balaban J connectivity index is 2.15. The maximum atomic E-state index is 12.9. The van der Waals surface area contributed by atoms with Gasteiger partial charge in [-0.1, -0.05) is 5.92 Å². The Kier molecular flexibility index (Phi) is 6.12. The van der Waals surface area contributed by atoms with E-state index in [4.69, 9.17) is 15.9 Å². The molecule has 2 amide bonds. The SMILES string of the molecule is C#CCNC(=O)N1CCN(S(=O)(=O)c2cc(OC)ccc2OC)CC1. The first-order chi connectivity index (χ1) is 11.9. The maximum Gasteiger partial charge on any atom is 0.318 e. The second kappa shape index (κ2) is 8.09. The number of methoxy groups -OCH3 is 2. The molecule has 8 nitrogen and oxygen atoms in total. The molecule has 2 rings (SSSR count). The van der Waals surface area contributed by atoms with Crippen molar-refractivity contribution in [2.75, 3.05) is 46.9 Å². The Morgan fingerprint density at radius 3 is 2.48 bits per heavy atom. The Hall–Kier alpha value is -2.44. The van der Waals surface area contributed by atoms with Crippen molar-refractivity contribution in [2.45, 2.75) is 4.90 Å². The van der Waals surface area contributed by atoms with Gasteiger partial charge in [-0.25, -0.2) is 13.2 Å². The van der Waals surface area contributed by atoms with Gasteiger partial charge in [0.05, 0.1) is 20.8 Å². The monoisotopic (exact) mass is 367 g/mol. The molecule has 0 saturated carbocycles. The minimum atomic E-state index is -3.77. The molecule has 1 saturated heterocycles. The number of ether oxygens (including phenoxy) is 2. The number of nitrogens with one attached hydrogen (secondary N) is 1.